The molecular weight excluding hydrogens is 322 g/mol. The van der Waals surface area contributed by atoms with Crippen LogP contribution in [0.1, 0.15) is 32.8 Å². The average Bonchev–Trinajstić information content (AvgIpc) is 2.68. The Morgan fingerprint density at radius 2 is 1.54 bits per heavy atom. The quantitative estimate of drug-likeness (QED) is 0.688. The molecule has 0 unspecified atom stereocenters. The summed E-state index contributed by atoms with van der Waals surface area (Å²) in [6.07, 6.45) is 0.498. The van der Waals surface area contributed by atoms with Crippen LogP contribution in [0.25, 0.3) is 0 Å². The zero-order valence-corrected chi connectivity index (χ0v) is 16.2. The van der Waals surface area contributed by atoms with Crippen molar-refractivity contribution < 1.29 is 4.79 Å². The van der Waals surface area contributed by atoms with Crippen LogP contribution in [0.15, 0.2) is 54.6 Å². The molecule has 1 amide bonds. The second-order valence-corrected chi connectivity index (χ2v) is 6.37. The van der Waals surface area contributed by atoms with Gasteiger partial charge in [0, 0.05) is 44.0 Å². The van der Waals surface area contributed by atoms with Gasteiger partial charge in [0.2, 0.25) is 5.91 Å². The normalized spacial score (nSPS) is 10.8. The van der Waals surface area contributed by atoms with Crippen molar-refractivity contribution >= 4 is 17.3 Å². The Morgan fingerprint density at radius 3 is 2.12 bits per heavy atom. The van der Waals surface area contributed by atoms with Crippen LogP contribution in [-0.2, 0) is 11.3 Å². The summed E-state index contributed by atoms with van der Waals surface area (Å²) in [5.74, 6) is 0.0621. The van der Waals surface area contributed by atoms with E-state index in [9.17, 15) is 4.79 Å². The Morgan fingerprint density at radius 1 is 0.885 bits per heavy atom. The molecule has 0 atom stereocenters. The fourth-order valence-electron chi connectivity index (χ4n) is 3.02. The summed E-state index contributed by atoms with van der Waals surface area (Å²) in [5.41, 5.74) is 3.33. The number of benzene rings is 2. The van der Waals surface area contributed by atoms with E-state index >= 15 is 0 Å². The monoisotopic (exact) mass is 353 g/mol. The van der Waals surface area contributed by atoms with E-state index in [1.807, 2.05) is 18.2 Å². The molecule has 0 bridgehead atoms. The van der Waals surface area contributed by atoms with Gasteiger partial charge in [-0.2, -0.15) is 0 Å². The minimum atomic E-state index is 0.0621. The molecule has 140 valence electrons. The van der Waals surface area contributed by atoms with Crippen molar-refractivity contribution in [1.82, 2.24) is 4.90 Å². The van der Waals surface area contributed by atoms with Crippen LogP contribution in [0.3, 0.4) is 0 Å². The van der Waals surface area contributed by atoms with Crippen molar-refractivity contribution in [1.29, 1.82) is 0 Å². The number of amides is 1. The lowest BCUT2D eigenvalue weighted by Crippen LogP contribution is -2.27. The molecule has 0 spiro atoms. The van der Waals surface area contributed by atoms with Gasteiger partial charge in [0.25, 0.3) is 0 Å². The van der Waals surface area contributed by atoms with Gasteiger partial charge in [-0.15, -0.1) is 0 Å². The van der Waals surface area contributed by atoms with E-state index < -0.39 is 0 Å². The van der Waals surface area contributed by atoms with E-state index in [1.165, 1.54) is 11.3 Å². The lowest BCUT2D eigenvalue weighted by Gasteiger charge is -2.21. The zero-order chi connectivity index (χ0) is 18.8. The van der Waals surface area contributed by atoms with Crippen molar-refractivity contribution in [2.45, 2.75) is 33.7 Å². The number of carbonyl (C=O) groups excluding carboxylic acids is 1. The second-order valence-electron chi connectivity index (χ2n) is 6.37. The SMILES string of the molecule is CCN(CCC(=O)Nc1ccc(N(CC)CC)cc1)Cc1ccccc1. The van der Waals surface area contributed by atoms with Gasteiger partial charge < -0.3 is 10.2 Å². The van der Waals surface area contributed by atoms with Crippen molar-refractivity contribution in [2.75, 3.05) is 36.4 Å². The summed E-state index contributed by atoms with van der Waals surface area (Å²) >= 11 is 0. The van der Waals surface area contributed by atoms with Gasteiger partial charge in [0.1, 0.15) is 0 Å². The summed E-state index contributed by atoms with van der Waals surface area (Å²) in [6.45, 7) is 11.0. The molecule has 0 radical (unpaired) electrons. The topological polar surface area (TPSA) is 35.6 Å². The lowest BCUT2D eigenvalue weighted by molar-refractivity contribution is -0.116. The van der Waals surface area contributed by atoms with Gasteiger partial charge in [0.15, 0.2) is 0 Å². The molecule has 1 N–H and O–H groups in total. The molecule has 0 aliphatic carbocycles. The molecule has 2 aromatic rings. The average molecular weight is 354 g/mol. The van der Waals surface area contributed by atoms with Crippen LogP contribution in [0.5, 0.6) is 0 Å². The first-order valence-electron chi connectivity index (χ1n) is 9.57. The first kappa shape index (κ1) is 20.0. The first-order chi connectivity index (χ1) is 12.7. The minimum Gasteiger partial charge on any atom is -0.372 e. The van der Waals surface area contributed by atoms with Crippen LogP contribution < -0.4 is 10.2 Å². The highest BCUT2D eigenvalue weighted by Gasteiger charge is 2.08. The van der Waals surface area contributed by atoms with Gasteiger partial charge in [-0.05, 0) is 50.2 Å². The lowest BCUT2D eigenvalue weighted by atomic mass is 10.2. The molecule has 26 heavy (non-hydrogen) atoms. The third-order valence-electron chi connectivity index (χ3n) is 4.63. The minimum absolute atomic E-state index is 0.0621. The van der Waals surface area contributed by atoms with Crippen molar-refractivity contribution in [3.8, 4) is 0 Å². The summed E-state index contributed by atoms with van der Waals surface area (Å²) < 4.78 is 0. The molecule has 2 aromatic carbocycles. The summed E-state index contributed by atoms with van der Waals surface area (Å²) in [4.78, 5) is 16.8. The maximum atomic E-state index is 12.3. The van der Waals surface area contributed by atoms with Crippen LogP contribution in [-0.4, -0.2) is 37.0 Å². The Kier molecular flexibility index (Phi) is 8.16. The highest BCUT2D eigenvalue weighted by atomic mass is 16.1. The third-order valence-corrected chi connectivity index (χ3v) is 4.63. The Hall–Kier alpha value is -2.33. The smallest absolute Gasteiger partial charge is 0.225 e. The molecule has 0 aromatic heterocycles. The van der Waals surface area contributed by atoms with E-state index in [0.29, 0.717) is 6.42 Å². The van der Waals surface area contributed by atoms with E-state index in [1.54, 1.807) is 0 Å². The van der Waals surface area contributed by atoms with Crippen LogP contribution in [0, 0.1) is 0 Å². The van der Waals surface area contributed by atoms with E-state index in [-0.39, 0.29) is 5.91 Å². The Labute approximate surface area is 157 Å². The number of nitrogens with zero attached hydrogens (tertiary/aromatic N) is 2. The van der Waals surface area contributed by atoms with Gasteiger partial charge in [-0.25, -0.2) is 0 Å². The van der Waals surface area contributed by atoms with E-state index in [4.69, 9.17) is 0 Å². The maximum absolute atomic E-state index is 12.3. The number of anilines is 2. The van der Waals surface area contributed by atoms with Gasteiger partial charge in [0.05, 0.1) is 0 Å². The van der Waals surface area contributed by atoms with Crippen molar-refractivity contribution in [2.24, 2.45) is 0 Å². The van der Waals surface area contributed by atoms with E-state index in [0.717, 1.165) is 38.4 Å². The van der Waals surface area contributed by atoms with Crippen molar-refractivity contribution in [3.63, 3.8) is 0 Å². The van der Waals surface area contributed by atoms with Crippen LogP contribution >= 0.6 is 0 Å². The third kappa shape index (κ3) is 6.19. The molecule has 0 heterocycles. The van der Waals surface area contributed by atoms with Crippen LogP contribution in [0.4, 0.5) is 11.4 Å². The summed E-state index contributed by atoms with van der Waals surface area (Å²) in [6, 6.07) is 18.5. The fourth-order valence-corrected chi connectivity index (χ4v) is 3.02. The molecule has 0 saturated carbocycles. The van der Waals surface area contributed by atoms with Crippen LogP contribution in [0.2, 0.25) is 0 Å². The molecular formula is C22H31N3O. The molecule has 0 aliphatic heterocycles. The summed E-state index contributed by atoms with van der Waals surface area (Å²) in [5, 5.41) is 3.00. The molecule has 0 aliphatic rings. The largest absolute Gasteiger partial charge is 0.372 e. The van der Waals surface area contributed by atoms with Crippen molar-refractivity contribution in [3.05, 3.63) is 60.2 Å². The molecule has 0 fully saturated rings. The number of nitrogens with one attached hydrogen (secondary N) is 1. The Bertz CT molecular complexity index is 651. The maximum Gasteiger partial charge on any atom is 0.225 e. The first-order valence-corrected chi connectivity index (χ1v) is 9.57. The molecule has 4 nitrogen and oxygen atoms in total. The molecule has 0 saturated heterocycles. The van der Waals surface area contributed by atoms with Gasteiger partial charge in [-0.3, -0.25) is 9.69 Å². The predicted molar refractivity (Wildman–Crippen MR) is 111 cm³/mol. The highest BCUT2D eigenvalue weighted by molar-refractivity contribution is 5.91. The highest BCUT2D eigenvalue weighted by Crippen LogP contribution is 2.18. The number of rotatable bonds is 10. The zero-order valence-electron chi connectivity index (χ0n) is 16.2. The summed E-state index contributed by atoms with van der Waals surface area (Å²) in [7, 11) is 0. The standard InChI is InChI=1S/C22H31N3O/c1-4-24(18-19-10-8-7-9-11-19)17-16-22(26)23-20-12-14-21(15-13-20)25(5-2)6-3/h7-15H,4-6,16-18H2,1-3H3,(H,23,26). The fraction of sp³-hybridized carbons (Fsp3) is 0.409. The Balaban J connectivity index is 1.82. The molecule has 2 rings (SSSR count). The molecule has 4 heteroatoms. The van der Waals surface area contributed by atoms with Gasteiger partial charge in [-0.1, -0.05) is 37.3 Å². The second kappa shape index (κ2) is 10.6. The van der Waals surface area contributed by atoms with E-state index in [2.05, 4.69) is 72.3 Å². The number of hydrogen-bond acceptors (Lipinski definition) is 3. The number of hydrogen-bond donors (Lipinski definition) is 1. The predicted octanol–water partition coefficient (Wildman–Crippen LogP) is 4.38. The van der Waals surface area contributed by atoms with Gasteiger partial charge >= 0.3 is 0 Å². The number of carbonyl (C=O) groups is 1.